The van der Waals surface area contributed by atoms with Crippen molar-refractivity contribution < 1.29 is 19.0 Å². The Morgan fingerprint density at radius 2 is 2.22 bits per heavy atom. The van der Waals surface area contributed by atoms with E-state index in [0.29, 0.717) is 12.2 Å². The summed E-state index contributed by atoms with van der Waals surface area (Å²) < 4.78 is 18.2. The summed E-state index contributed by atoms with van der Waals surface area (Å²) in [6.07, 6.45) is 0.323. The van der Waals surface area contributed by atoms with E-state index in [9.17, 15) is 9.18 Å². The minimum atomic E-state index is -0.911. The molecule has 0 spiro atoms. The number of ether oxygens (including phenoxy) is 1. The lowest BCUT2D eigenvalue weighted by atomic mass is 10.2. The third-order valence-electron chi connectivity index (χ3n) is 2.30. The van der Waals surface area contributed by atoms with Gasteiger partial charge in [-0.3, -0.25) is 4.79 Å². The minimum absolute atomic E-state index is 0.0836. The van der Waals surface area contributed by atoms with Gasteiger partial charge in [0, 0.05) is 18.5 Å². The number of carboxylic acid groups (broad SMARTS) is 1. The van der Waals surface area contributed by atoms with Crippen molar-refractivity contribution in [2.45, 2.75) is 32.4 Å². The molecule has 2 N–H and O–H groups in total. The first kappa shape index (κ1) is 14.4. The zero-order valence-corrected chi connectivity index (χ0v) is 10.5. The summed E-state index contributed by atoms with van der Waals surface area (Å²) in [5.41, 5.74) is 0. The van der Waals surface area contributed by atoms with Gasteiger partial charge in [-0.15, -0.1) is 0 Å². The second-order valence-electron chi connectivity index (χ2n) is 4.31. The van der Waals surface area contributed by atoms with Gasteiger partial charge >= 0.3 is 5.97 Å². The highest BCUT2D eigenvalue weighted by Crippen LogP contribution is 2.12. The van der Waals surface area contributed by atoms with Gasteiger partial charge < -0.3 is 15.2 Å². The molecule has 0 aromatic heterocycles. The summed E-state index contributed by atoms with van der Waals surface area (Å²) in [5, 5.41) is 11.9. The summed E-state index contributed by atoms with van der Waals surface area (Å²) in [7, 11) is 0. The molecule has 1 rings (SSSR count). The highest BCUT2D eigenvalue weighted by Gasteiger charge is 2.17. The van der Waals surface area contributed by atoms with Crippen LogP contribution in [0.25, 0.3) is 0 Å². The lowest BCUT2D eigenvalue weighted by Crippen LogP contribution is -2.41. The molecule has 1 atom stereocenters. The predicted molar refractivity (Wildman–Crippen MR) is 66.2 cm³/mol. The van der Waals surface area contributed by atoms with Gasteiger partial charge in [-0.05, 0) is 12.1 Å². The van der Waals surface area contributed by atoms with Crippen molar-refractivity contribution in [1.82, 2.24) is 5.32 Å². The van der Waals surface area contributed by atoms with Crippen molar-refractivity contribution in [3.8, 4) is 5.75 Å². The molecule has 1 aromatic carbocycles. The van der Waals surface area contributed by atoms with Crippen LogP contribution >= 0.6 is 0 Å². The highest BCUT2D eigenvalue weighted by atomic mass is 19.1. The van der Waals surface area contributed by atoms with E-state index in [4.69, 9.17) is 9.84 Å². The van der Waals surface area contributed by atoms with Crippen LogP contribution in [0.2, 0.25) is 0 Å². The molecule has 1 aromatic rings. The average molecular weight is 255 g/mol. The van der Waals surface area contributed by atoms with Crippen molar-refractivity contribution in [3.63, 3.8) is 0 Å². The SMILES string of the molecule is CC(C)NC(CCOc1cccc(F)c1)C(=O)O. The molecular weight excluding hydrogens is 237 g/mol. The van der Waals surface area contributed by atoms with Crippen LogP contribution in [-0.2, 0) is 4.79 Å². The number of halogens is 1. The Hall–Kier alpha value is -1.62. The standard InChI is InChI=1S/C13H18FNO3/c1-9(2)15-12(13(16)17)6-7-18-11-5-3-4-10(14)8-11/h3-5,8-9,12,15H,6-7H2,1-2H3,(H,16,17). The monoisotopic (exact) mass is 255 g/mol. The molecule has 0 saturated heterocycles. The molecule has 0 aliphatic heterocycles. The Kier molecular flexibility index (Phi) is 5.58. The molecule has 0 fully saturated rings. The second-order valence-corrected chi connectivity index (χ2v) is 4.31. The number of nitrogens with one attached hydrogen (secondary N) is 1. The first-order valence-electron chi connectivity index (χ1n) is 5.86. The van der Waals surface area contributed by atoms with Crippen LogP contribution in [0.5, 0.6) is 5.75 Å². The zero-order valence-electron chi connectivity index (χ0n) is 10.5. The molecule has 0 amide bonds. The first-order valence-corrected chi connectivity index (χ1v) is 5.86. The van der Waals surface area contributed by atoms with Gasteiger partial charge in [-0.2, -0.15) is 0 Å². The second kappa shape index (κ2) is 6.96. The van der Waals surface area contributed by atoms with Gasteiger partial charge in [0.05, 0.1) is 6.61 Å². The fraction of sp³-hybridized carbons (Fsp3) is 0.462. The Labute approximate surface area is 106 Å². The van der Waals surface area contributed by atoms with Gasteiger partial charge in [0.25, 0.3) is 0 Å². The maximum absolute atomic E-state index is 12.9. The van der Waals surface area contributed by atoms with Crippen molar-refractivity contribution in [3.05, 3.63) is 30.1 Å². The third-order valence-corrected chi connectivity index (χ3v) is 2.30. The van der Waals surface area contributed by atoms with E-state index in [1.54, 1.807) is 12.1 Å². The topological polar surface area (TPSA) is 58.6 Å². The largest absolute Gasteiger partial charge is 0.493 e. The van der Waals surface area contributed by atoms with Gasteiger partial charge in [-0.1, -0.05) is 19.9 Å². The molecular formula is C13H18FNO3. The van der Waals surface area contributed by atoms with Crippen LogP contribution in [0, 0.1) is 5.82 Å². The van der Waals surface area contributed by atoms with Crippen LogP contribution in [0.15, 0.2) is 24.3 Å². The van der Waals surface area contributed by atoms with Crippen LogP contribution in [0.1, 0.15) is 20.3 Å². The summed E-state index contributed by atoms with van der Waals surface area (Å²) in [6.45, 7) is 3.98. The normalized spacial score (nSPS) is 12.4. The van der Waals surface area contributed by atoms with E-state index in [2.05, 4.69) is 5.32 Å². The first-order chi connectivity index (χ1) is 8.49. The molecule has 5 heteroatoms. The fourth-order valence-corrected chi connectivity index (χ4v) is 1.53. The van der Waals surface area contributed by atoms with E-state index in [0.717, 1.165) is 0 Å². The third kappa shape index (κ3) is 5.14. The number of rotatable bonds is 7. The fourth-order valence-electron chi connectivity index (χ4n) is 1.53. The lowest BCUT2D eigenvalue weighted by molar-refractivity contribution is -0.140. The number of carboxylic acids is 1. The molecule has 0 aliphatic carbocycles. The summed E-state index contributed by atoms with van der Waals surface area (Å²) >= 11 is 0. The summed E-state index contributed by atoms with van der Waals surface area (Å²) in [6, 6.07) is 5.21. The number of hydrogen-bond donors (Lipinski definition) is 2. The molecule has 18 heavy (non-hydrogen) atoms. The quantitative estimate of drug-likeness (QED) is 0.783. The van der Waals surface area contributed by atoms with Gasteiger partial charge in [0.15, 0.2) is 0 Å². The molecule has 0 heterocycles. The van der Waals surface area contributed by atoms with Crippen LogP contribution in [0.3, 0.4) is 0 Å². The maximum atomic E-state index is 12.9. The minimum Gasteiger partial charge on any atom is -0.493 e. The average Bonchev–Trinajstić information content (AvgIpc) is 2.27. The van der Waals surface area contributed by atoms with E-state index in [1.807, 2.05) is 13.8 Å². The van der Waals surface area contributed by atoms with E-state index in [-0.39, 0.29) is 18.5 Å². The van der Waals surface area contributed by atoms with Crippen LogP contribution in [0.4, 0.5) is 4.39 Å². The number of carbonyl (C=O) groups is 1. The Balaban J connectivity index is 2.41. The lowest BCUT2D eigenvalue weighted by Gasteiger charge is -2.17. The van der Waals surface area contributed by atoms with Crippen molar-refractivity contribution >= 4 is 5.97 Å². The van der Waals surface area contributed by atoms with Crippen LogP contribution in [-0.4, -0.2) is 29.8 Å². The van der Waals surface area contributed by atoms with E-state index < -0.39 is 12.0 Å². The maximum Gasteiger partial charge on any atom is 0.320 e. The number of benzene rings is 1. The molecule has 100 valence electrons. The Morgan fingerprint density at radius 3 is 2.78 bits per heavy atom. The number of hydrogen-bond acceptors (Lipinski definition) is 3. The number of aliphatic carboxylic acids is 1. The van der Waals surface area contributed by atoms with Gasteiger partial charge in [0.1, 0.15) is 17.6 Å². The van der Waals surface area contributed by atoms with E-state index in [1.165, 1.54) is 12.1 Å². The molecule has 1 unspecified atom stereocenters. The van der Waals surface area contributed by atoms with Gasteiger partial charge in [0.2, 0.25) is 0 Å². The molecule has 0 saturated carbocycles. The molecule has 4 nitrogen and oxygen atoms in total. The Morgan fingerprint density at radius 1 is 1.50 bits per heavy atom. The zero-order chi connectivity index (χ0) is 13.5. The Bertz CT molecular complexity index is 396. The van der Waals surface area contributed by atoms with E-state index >= 15 is 0 Å². The van der Waals surface area contributed by atoms with Gasteiger partial charge in [-0.25, -0.2) is 4.39 Å². The molecule has 0 aliphatic rings. The van der Waals surface area contributed by atoms with Crippen molar-refractivity contribution in [2.24, 2.45) is 0 Å². The van der Waals surface area contributed by atoms with Crippen molar-refractivity contribution in [2.75, 3.05) is 6.61 Å². The molecule has 0 bridgehead atoms. The summed E-state index contributed by atoms with van der Waals surface area (Å²) in [5.74, 6) is -0.877. The smallest absolute Gasteiger partial charge is 0.320 e. The molecule has 0 radical (unpaired) electrons. The predicted octanol–water partition coefficient (Wildman–Crippen LogP) is 2.05. The summed E-state index contributed by atoms with van der Waals surface area (Å²) in [4.78, 5) is 11.0. The highest BCUT2D eigenvalue weighted by molar-refractivity contribution is 5.73. The van der Waals surface area contributed by atoms with Crippen molar-refractivity contribution in [1.29, 1.82) is 0 Å². The van der Waals surface area contributed by atoms with Crippen LogP contribution < -0.4 is 10.1 Å².